The maximum absolute atomic E-state index is 14.2. The van der Waals surface area contributed by atoms with Crippen LogP contribution in [0.5, 0.6) is 0 Å². The summed E-state index contributed by atoms with van der Waals surface area (Å²) in [6.07, 6.45) is 4.83. The van der Waals surface area contributed by atoms with E-state index in [1.807, 2.05) is 6.07 Å². The Balaban J connectivity index is 1.14. The minimum atomic E-state index is -4.98. The SMILES string of the molecule is Cn1cccc(C2CN(C(=O)[C@@H]3CC[C@@H]4CCC[C@H](NC(=O)c5cc6cc(C(F)P(=O)(O)O)ccc6s5)C(=O)N43)C2)c1=O. The molecule has 43 heavy (non-hydrogen) atoms. The molecule has 0 bridgehead atoms. The fraction of sp³-hybridized carbons (Fsp3) is 0.448. The van der Waals surface area contributed by atoms with Gasteiger partial charge in [-0.05, 0) is 67.3 Å². The third kappa shape index (κ3) is 5.55. The summed E-state index contributed by atoms with van der Waals surface area (Å²) in [4.78, 5) is 75.1. The normalized spacial score (nSPS) is 23.5. The van der Waals surface area contributed by atoms with Gasteiger partial charge in [-0.15, -0.1) is 11.3 Å². The number of fused-ring (bicyclic) bond motifs is 2. The van der Waals surface area contributed by atoms with Crippen LogP contribution >= 0.6 is 18.9 Å². The van der Waals surface area contributed by atoms with Crippen molar-refractivity contribution in [3.05, 3.63) is 69.0 Å². The number of aryl methyl sites for hydroxylation is 1. The molecule has 14 heteroatoms. The maximum atomic E-state index is 14.2. The Morgan fingerprint density at radius 3 is 2.60 bits per heavy atom. The van der Waals surface area contributed by atoms with Gasteiger partial charge in [-0.1, -0.05) is 12.1 Å². The number of hydrogen-bond acceptors (Lipinski definition) is 6. The number of aromatic nitrogens is 1. The molecule has 3 aliphatic heterocycles. The van der Waals surface area contributed by atoms with Crippen molar-refractivity contribution >= 4 is 46.7 Å². The summed E-state index contributed by atoms with van der Waals surface area (Å²) in [7, 11) is -3.28. The summed E-state index contributed by atoms with van der Waals surface area (Å²) >= 11 is 1.13. The molecule has 3 fully saturated rings. The van der Waals surface area contributed by atoms with Gasteiger partial charge in [0.1, 0.15) is 12.1 Å². The summed E-state index contributed by atoms with van der Waals surface area (Å²) in [5.74, 6) is -3.41. The molecule has 228 valence electrons. The Morgan fingerprint density at radius 1 is 1.09 bits per heavy atom. The maximum Gasteiger partial charge on any atom is 0.363 e. The summed E-state index contributed by atoms with van der Waals surface area (Å²) < 4.78 is 27.7. The van der Waals surface area contributed by atoms with E-state index < -0.39 is 31.5 Å². The molecule has 3 aliphatic rings. The summed E-state index contributed by atoms with van der Waals surface area (Å²) in [6, 6.07) is 7.72. The molecule has 2 aromatic heterocycles. The van der Waals surface area contributed by atoms with Gasteiger partial charge in [0, 0.05) is 48.6 Å². The second-order valence-corrected chi connectivity index (χ2v) is 14.3. The zero-order chi connectivity index (χ0) is 30.6. The average Bonchev–Trinajstić information content (AvgIpc) is 3.53. The second kappa shape index (κ2) is 11.3. The van der Waals surface area contributed by atoms with Crippen LogP contribution in [0.4, 0.5) is 4.39 Å². The molecule has 3 saturated heterocycles. The largest absolute Gasteiger partial charge is 0.363 e. The Morgan fingerprint density at radius 2 is 1.86 bits per heavy atom. The highest BCUT2D eigenvalue weighted by molar-refractivity contribution is 7.51. The first-order chi connectivity index (χ1) is 20.4. The minimum absolute atomic E-state index is 0.0436. The van der Waals surface area contributed by atoms with Gasteiger partial charge in [0.25, 0.3) is 11.5 Å². The van der Waals surface area contributed by atoms with Crippen molar-refractivity contribution in [2.24, 2.45) is 7.05 Å². The van der Waals surface area contributed by atoms with E-state index in [0.717, 1.165) is 17.8 Å². The van der Waals surface area contributed by atoms with Gasteiger partial charge in [-0.3, -0.25) is 23.7 Å². The molecule has 1 aromatic carbocycles. The number of alkyl halides is 1. The van der Waals surface area contributed by atoms with Gasteiger partial charge in [0.15, 0.2) is 0 Å². The predicted octanol–water partition coefficient (Wildman–Crippen LogP) is 3.01. The molecular weight excluding hydrogens is 598 g/mol. The monoisotopic (exact) mass is 630 g/mol. The lowest BCUT2D eigenvalue weighted by Crippen LogP contribution is -2.59. The van der Waals surface area contributed by atoms with Crippen LogP contribution in [-0.2, 0) is 21.2 Å². The van der Waals surface area contributed by atoms with Gasteiger partial charge >= 0.3 is 7.60 Å². The number of amides is 3. The number of thiophene rings is 1. The molecule has 3 N–H and O–H groups in total. The number of rotatable bonds is 6. The first-order valence-corrected chi connectivity index (χ1v) is 16.7. The Bertz CT molecular complexity index is 1710. The number of carbonyl (C=O) groups is 3. The standard InChI is InChI=1S/C29H32FN4O7PS/c1-32-11-3-5-20(27(32)36)18-14-33(15-18)29(38)22-9-8-19-4-2-6-21(28(37)34(19)22)31-26(35)24-13-17-12-16(7-10-23(17)43-24)25(30)42(39,40)41/h3,5,7,10-13,18-19,21-22,25H,2,4,6,8-9,14-15H2,1H3,(H,31,35)(H2,39,40,41)/t19-,21-,22-,25?/m0/s1. The van der Waals surface area contributed by atoms with Gasteiger partial charge < -0.3 is 29.5 Å². The quantitative estimate of drug-likeness (QED) is 0.355. The zero-order valence-electron chi connectivity index (χ0n) is 23.4. The molecule has 0 saturated carbocycles. The molecule has 0 radical (unpaired) electrons. The zero-order valence-corrected chi connectivity index (χ0v) is 25.1. The first kappa shape index (κ1) is 29.7. The number of nitrogens with zero attached hydrogens (tertiary/aromatic N) is 3. The van der Waals surface area contributed by atoms with Crippen molar-refractivity contribution in [2.75, 3.05) is 13.1 Å². The van der Waals surface area contributed by atoms with Crippen molar-refractivity contribution < 1.29 is 33.1 Å². The molecule has 3 aromatic rings. The molecule has 6 rings (SSSR count). The Labute approximate surface area is 250 Å². The van der Waals surface area contributed by atoms with E-state index in [9.17, 15) is 37.9 Å². The minimum Gasteiger partial charge on any atom is -0.340 e. The first-order valence-electron chi connectivity index (χ1n) is 14.2. The topological polar surface area (TPSA) is 149 Å². The summed E-state index contributed by atoms with van der Waals surface area (Å²) in [6.45, 7) is 0.846. The van der Waals surface area contributed by atoms with Crippen LogP contribution in [-0.4, -0.2) is 73.1 Å². The Hall–Kier alpha value is -3.38. The van der Waals surface area contributed by atoms with Gasteiger partial charge in [0.2, 0.25) is 17.7 Å². The molecule has 0 aliphatic carbocycles. The molecule has 11 nitrogen and oxygen atoms in total. The van der Waals surface area contributed by atoms with Crippen molar-refractivity contribution in [1.82, 2.24) is 19.7 Å². The number of halogens is 1. The second-order valence-electron chi connectivity index (χ2n) is 11.6. The number of nitrogens with one attached hydrogen (secondary N) is 1. The van der Waals surface area contributed by atoms with Crippen LogP contribution < -0.4 is 10.9 Å². The van der Waals surface area contributed by atoms with Gasteiger partial charge in [-0.2, -0.15) is 0 Å². The van der Waals surface area contributed by atoms with E-state index >= 15 is 0 Å². The van der Waals surface area contributed by atoms with Gasteiger partial charge in [-0.25, -0.2) is 4.39 Å². The number of likely N-dealkylation sites (tertiary alicyclic amines) is 1. The van der Waals surface area contributed by atoms with Crippen LogP contribution in [0, 0.1) is 0 Å². The molecule has 3 amide bonds. The lowest BCUT2D eigenvalue weighted by Gasteiger charge is -2.42. The van der Waals surface area contributed by atoms with Gasteiger partial charge in [0.05, 0.1) is 4.88 Å². The lowest BCUT2D eigenvalue weighted by atomic mass is 9.91. The highest BCUT2D eigenvalue weighted by Crippen LogP contribution is 2.53. The number of carbonyl (C=O) groups excluding carboxylic acids is 3. The lowest BCUT2D eigenvalue weighted by molar-refractivity contribution is -0.148. The molecule has 0 spiro atoms. The van der Waals surface area contributed by atoms with Crippen LogP contribution in [0.1, 0.15) is 64.7 Å². The van der Waals surface area contributed by atoms with E-state index in [-0.39, 0.29) is 39.8 Å². The fourth-order valence-electron chi connectivity index (χ4n) is 6.48. The van der Waals surface area contributed by atoms with Crippen LogP contribution in [0.15, 0.2) is 47.4 Å². The van der Waals surface area contributed by atoms with E-state index in [0.29, 0.717) is 54.4 Å². The fourth-order valence-corrected chi connectivity index (χ4v) is 7.97. The van der Waals surface area contributed by atoms with E-state index in [4.69, 9.17) is 0 Å². The van der Waals surface area contributed by atoms with Crippen LogP contribution in [0.25, 0.3) is 10.1 Å². The van der Waals surface area contributed by atoms with Crippen molar-refractivity contribution in [2.45, 2.75) is 62.1 Å². The van der Waals surface area contributed by atoms with Crippen molar-refractivity contribution in [3.63, 3.8) is 0 Å². The van der Waals surface area contributed by atoms with E-state index in [1.54, 1.807) is 29.1 Å². The van der Waals surface area contributed by atoms with E-state index in [1.165, 1.54) is 28.8 Å². The number of pyridine rings is 1. The van der Waals surface area contributed by atoms with Crippen molar-refractivity contribution in [3.8, 4) is 0 Å². The predicted molar refractivity (Wildman–Crippen MR) is 157 cm³/mol. The number of hydrogen-bond donors (Lipinski definition) is 3. The Kier molecular flexibility index (Phi) is 7.78. The highest BCUT2D eigenvalue weighted by Gasteiger charge is 2.47. The molecule has 4 atom stereocenters. The third-order valence-corrected chi connectivity index (χ3v) is 10.8. The third-order valence-electron chi connectivity index (χ3n) is 8.80. The van der Waals surface area contributed by atoms with Crippen LogP contribution in [0.3, 0.4) is 0 Å². The van der Waals surface area contributed by atoms with E-state index in [2.05, 4.69) is 5.32 Å². The molecule has 5 heterocycles. The summed E-state index contributed by atoms with van der Waals surface area (Å²) in [5.41, 5.74) is 0.421. The average molecular weight is 631 g/mol. The smallest absolute Gasteiger partial charge is 0.340 e. The number of benzene rings is 1. The molecule has 1 unspecified atom stereocenters. The highest BCUT2D eigenvalue weighted by atomic mass is 32.1. The van der Waals surface area contributed by atoms with Crippen molar-refractivity contribution in [1.29, 1.82) is 0 Å². The molecular formula is C29H32FN4O7PS. The van der Waals surface area contributed by atoms with Crippen LogP contribution in [0.2, 0.25) is 0 Å². The summed E-state index contributed by atoms with van der Waals surface area (Å²) in [5, 5.41) is 3.30.